The van der Waals surface area contributed by atoms with Crippen LogP contribution in [0.4, 0.5) is 11.5 Å². The minimum absolute atomic E-state index is 0.222. The standard InChI is InChI=1S/C15H17BrN2O/c1-3-11(2)19-13-7-4-6-12(10-13)17-15-9-5-8-14(16)18-15/h4-11H,3H2,1-2H3,(H,17,18). The summed E-state index contributed by atoms with van der Waals surface area (Å²) in [5.74, 6) is 1.67. The van der Waals surface area contributed by atoms with Gasteiger partial charge in [-0.3, -0.25) is 0 Å². The van der Waals surface area contributed by atoms with Crippen LogP contribution in [0, 0.1) is 0 Å². The van der Waals surface area contributed by atoms with Gasteiger partial charge in [-0.1, -0.05) is 19.1 Å². The SMILES string of the molecule is CCC(C)Oc1cccc(Nc2cccc(Br)n2)c1. The molecule has 2 aromatic rings. The number of hydrogen-bond donors (Lipinski definition) is 1. The van der Waals surface area contributed by atoms with E-state index in [1.807, 2.05) is 42.5 Å². The lowest BCUT2D eigenvalue weighted by molar-refractivity contribution is 0.217. The molecule has 2 rings (SSSR count). The van der Waals surface area contributed by atoms with Crippen molar-refractivity contribution in [2.45, 2.75) is 26.4 Å². The van der Waals surface area contributed by atoms with Crippen molar-refractivity contribution >= 4 is 27.4 Å². The number of nitrogens with zero attached hydrogens (tertiary/aromatic N) is 1. The molecule has 1 unspecified atom stereocenters. The Balaban J connectivity index is 2.10. The van der Waals surface area contributed by atoms with Gasteiger partial charge in [0.25, 0.3) is 0 Å². The second kappa shape index (κ2) is 6.57. The normalized spacial score (nSPS) is 11.9. The van der Waals surface area contributed by atoms with Crippen LogP contribution in [0.25, 0.3) is 0 Å². The first-order chi connectivity index (χ1) is 9.17. The quantitative estimate of drug-likeness (QED) is 0.806. The molecule has 0 saturated heterocycles. The van der Waals surface area contributed by atoms with Gasteiger partial charge in [0.05, 0.1) is 6.10 Å². The van der Waals surface area contributed by atoms with Gasteiger partial charge in [0, 0.05) is 11.8 Å². The lowest BCUT2D eigenvalue weighted by atomic mass is 10.2. The van der Waals surface area contributed by atoms with E-state index in [0.717, 1.165) is 28.3 Å². The highest BCUT2D eigenvalue weighted by Crippen LogP contribution is 2.22. The molecule has 0 saturated carbocycles. The van der Waals surface area contributed by atoms with E-state index in [0.29, 0.717) is 0 Å². The predicted molar refractivity (Wildman–Crippen MR) is 82.0 cm³/mol. The van der Waals surface area contributed by atoms with Crippen LogP contribution < -0.4 is 10.1 Å². The molecule has 100 valence electrons. The molecule has 0 bridgehead atoms. The number of halogens is 1. The fourth-order valence-electron chi connectivity index (χ4n) is 1.59. The van der Waals surface area contributed by atoms with E-state index >= 15 is 0 Å². The van der Waals surface area contributed by atoms with Crippen molar-refractivity contribution < 1.29 is 4.74 Å². The minimum atomic E-state index is 0.222. The van der Waals surface area contributed by atoms with E-state index in [1.165, 1.54) is 0 Å². The Kier molecular flexibility index (Phi) is 4.80. The zero-order valence-corrected chi connectivity index (χ0v) is 12.6. The van der Waals surface area contributed by atoms with E-state index in [2.05, 4.69) is 40.1 Å². The van der Waals surface area contributed by atoms with Gasteiger partial charge in [0.2, 0.25) is 0 Å². The maximum absolute atomic E-state index is 5.80. The van der Waals surface area contributed by atoms with E-state index in [1.54, 1.807) is 0 Å². The highest BCUT2D eigenvalue weighted by molar-refractivity contribution is 9.10. The summed E-state index contributed by atoms with van der Waals surface area (Å²) in [6.07, 6.45) is 1.21. The Hall–Kier alpha value is -1.55. The van der Waals surface area contributed by atoms with Crippen molar-refractivity contribution in [2.24, 2.45) is 0 Å². The van der Waals surface area contributed by atoms with Crippen LogP contribution in [0.3, 0.4) is 0 Å². The molecule has 0 fully saturated rings. The molecule has 0 aliphatic rings. The fourth-order valence-corrected chi connectivity index (χ4v) is 1.93. The molecule has 4 heteroatoms. The second-order valence-corrected chi connectivity index (χ2v) is 5.15. The molecule has 0 radical (unpaired) electrons. The summed E-state index contributed by atoms with van der Waals surface area (Å²) in [5, 5.41) is 3.26. The Labute approximate surface area is 122 Å². The summed E-state index contributed by atoms with van der Waals surface area (Å²) >= 11 is 3.36. The first-order valence-electron chi connectivity index (χ1n) is 6.33. The van der Waals surface area contributed by atoms with Crippen LogP contribution in [0.5, 0.6) is 5.75 Å². The summed E-state index contributed by atoms with van der Waals surface area (Å²) in [6.45, 7) is 4.17. The average Bonchev–Trinajstić information content (AvgIpc) is 2.39. The van der Waals surface area contributed by atoms with Gasteiger partial charge in [-0.25, -0.2) is 4.98 Å². The molecule has 1 N–H and O–H groups in total. The zero-order valence-electron chi connectivity index (χ0n) is 11.1. The second-order valence-electron chi connectivity index (χ2n) is 4.34. The van der Waals surface area contributed by atoms with Gasteiger partial charge in [-0.05, 0) is 53.5 Å². The van der Waals surface area contributed by atoms with E-state index in [4.69, 9.17) is 4.74 Å². The predicted octanol–water partition coefficient (Wildman–Crippen LogP) is 4.77. The maximum Gasteiger partial charge on any atom is 0.131 e. The Morgan fingerprint density at radius 1 is 1.26 bits per heavy atom. The van der Waals surface area contributed by atoms with Crippen LogP contribution in [-0.2, 0) is 0 Å². The highest BCUT2D eigenvalue weighted by atomic mass is 79.9. The van der Waals surface area contributed by atoms with E-state index in [-0.39, 0.29) is 6.10 Å². The first kappa shape index (κ1) is 13.9. The van der Waals surface area contributed by atoms with Crippen molar-refractivity contribution in [3.63, 3.8) is 0 Å². The van der Waals surface area contributed by atoms with E-state index in [9.17, 15) is 0 Å². The molecule has 1 aromatic carbocycles. The zero-order chi connectivity index (χ0) is 13.7. The van der Waals surface area contributed by atoms with Gasteiger partial charge in [0.1, 0.15) is 16.2 Å². The van der Waals surface area contributed by atoms with Crippen molar-refractivity contribution in [1.82, 2.24) is 4.98 Å². The average molecular weight is 321 g/mol. The first-order valence-corrected chi connectivity index (χ1v) is 7.13. The molecule has 1 atom stereocenters. The summed E-state index contributed by atoms with van der Waals surface area (Å²) < 4.78 is 6.61. The third kappa shape index (κ3) is 4.24. The van der Waals surface area contributed by atoms with Crippen molar-refractivity contribution in [1.29, 1.82) is 0 Å². The van der Waals surface area contributed by atoms with Crippen LogP contribution in [-0.4, -0.2) is 11.1 Å². The Bertz CT molecular complexity index is 545. The summed E-state index contributed by atoms with van der Waals surface area (Å²) in [5.41, 5.74) is 0.964. The lowest BCUT2D eigenvalue weighted by Gasteiger charge is -2.13. The number of anilines is 2. The summed E-state index contributed by atoms with van der Waals surface area (Å²) in [4.78, 5) is 4.34. The molecule has 1 aromatic heterocycles. The molecular formula is C15H17BrN2O. The number of nitrogens with one attached hydrogen (secondary N) is 1. The topological polar surface area (TPSA) is 34.1 Å². The van der Waals surface area contributed by atoms with Gasteiger partial charge in [-0.15, -0.1) is 0 Å². The van der Waals surface area contributed by atoms with Crippen LogP contribution >= 0.6 is 15.9 Å². The van der Waals surface area contributed by atoms with Gasteiger partial charge in [0.15, 0.2) is 0 Å². The number of rotatable bonds is 5. The molecule has 19 heavy (non-hydrogen) atoms. The van der Waals surface area contributed by atoms with Crippen molar-refractivity contribution in [3.8, 4) is 5.75 Å². The number of aromatic nitrogens is 1. The molecule has 0 aliphatic heterocycles. The Morgan fingerprint density at radius 3 is 2.79 bits per heavy atom. The summed E-state index contributed by atoms with van der Waals surface area (Å²) in [7, 11) is 0. The van der Waals surface area contributed by atoms with Crippen LogP contribution in [0.15, 0.2) is 47.1 Å². The number of pyridine rings is 1. The van der Waals surface area contributed by atoms with Crippen molar-refractivity contribution in [3.05, 3.63) is 47.1 Å². The molecule has 0 aliphatic carbocycles. The number of benzene rings is 1. The fraction of sp³-hybridized carbons (Fsp3) is 0.267. The van der Waals surface area contributed by atoms with Crippen LogP contribution in [0.2, 0.25) is 0 Å². The smallest absolute Gasteiger partial charge is 0.131 e. The van der Waals surface area contributed by atoms with Crippen molar-refractivity contribution in [2.75, 3.05) is 5.32 Å². The van der Waals surface area contributed by atoms with Gasteiger partial charge in [-0.2, -0.15) is 0 Å². The maximum atomic E-state index is 5.80. The number of ether oxygens (including phenoxy) is 1. The molecule has 3 nitrogen and oxygen atoms in total. The largest absolute Gasteiger partial charge is 0.491 e. The third-order valence-corrected chi connectivity index (χ3v) is 3.18. The lowest BCUT2D eigenvalue weighted by Crippen LogP contribution is -2.09. The van der Waals surface area contributed by atoms with Gasteiger partial charge >= 0.3 is 0 Å². The molecular weight excluding hydrogens is 304 g/mol. The number of hydrogen-bond acceptors (Lipinski definition) is 3. The molecule has 0 amide bonds. The molecule has 1 heterocycles. The third-order valence-electron chi connectivity index (χ3n) is 2.73. The van der Waals surface area contributed by atoms with Crippen LogP contribution in [0.1, 0.15) is 20.3 Å². The Morgan fingerprint density at radius 2 is 2.05 bits per heavy atom. The monoisotopic (exact) mass is 320 g/mol. The minimum Gasteiger partial charge on any atom is -0.491 e. The molecule has 0 spiro atoms. The van der Waals surface area contributed by atoms with E-state index < -0.39 is 0 Å². The van der Waals surface area contributed by atoms with Gasteiger partial charge < -0.3 is 10.1 Å². The highest BCUT2D eigenvalue weighted by Gasteiger charge is 2.03. The summed E-state index contributed by atoms with van der Waals surface area (Å²) in [6, 6.07) is 13.7.